The molecule has 19 heavy (non-hydrogen) atoms. The highest BCUT2D eigenvalue weighted by Gasteiger charge is 2.25. The second-order valence-electron chi connectivity index (χ2n) is 4.80. The summed E-state index contributed by atoms with van der Waals surface area (Å²) in [5.74, 6) is -0.184. The summed E-state index contributed by atoms with van der Waals surface area (Å²) < 4.78 is 14.1. The van der Waals surface area contributed by atoms with Gasteiger partial charge in [0.15, 0.2) is 0 Å². The van der Waals surface area contributed by atoms with E-state index in [2.05, 4.69) is 17.1 Å². The second kappa shape index (κ2) is 7.44. The average Bonchev–Trinajstić information content (AvgIpc) is 2.40. The molecule has 0 saturated carbocycles. The van der Waals surface area contributed by atoms with E-state index in [-0.39, 0.29) is 24.3 Å². The smallest absolute Gasteiger partial charge is 0.129 e. The van der Waals surface area contributed by atoms with Crippen LogP contribution in [0, 0.1) is 12.7 Å². The number of nitrogens with one attached hydrogen (secondary N) is 1. The predicted molar refractivity (Wildman–Crippen MR) is 80.9 cm³/mol. The lowest BCUT2D eigenvalue weighted by Crippen LogP contribution is -2.45. The number of hydrogen-bond acceptors (Lipinski definition) is 2. The maximum absolute atomic E-state index is 14.1. The van der Waals surface area contributed by atoms with Gasteiger partial charge in [0.2, 0.25) is 0 Å². The van der Waals surface area contributed by atoms with E-state index in [1.165, 1.54) is 6.07 Å². The van der Waals surface area contributed by atoms with E-state index < -0.39 is 0 Å². The summed E-state index contributed by atoms with van der Waals surface area (Å²) in [4.78, 5) is 2.32. The third kappa shape index (κ3) is 3.60. The van der Waals surface area contributed by atoms with E-state index in [1.54, 1.807) is 6.07 Å². The van der Waals surface area contributed by atoms with Crippen LogP contribution in [0.2, 0.25) is 5.02 Å². The zero-order valence-electron chi connectivity index (χ0n) is 11.4. The first-order valence-electron chi connectivity index (χ1n) is 6.54. The number of benzene rings is 1. The molecule has 1 aromatic rings. The van der Waals surface area contributed by atoms with Crippen LogP contribution in [-0.4, -0.2) is 31.1 Å². The summed E-state index contributed by atoms with van der Waals surface area (Å²) >= 11 is 6.31. The molecule has 1 aliphatic heterocycles. The number of aryl methyl sites for hydroxylation is 1. The quantitative estimate of drug-likeness (QED) is 0.918. The Labute approximate surface area is 125 Å². The summed E-state index contributed by atoms with van der Waals surface area (Å²) in [7, 11) is 0. The van der Waals surface area contributed by atoms with Crippen molar-refractivity contribution in [2.75, 3.05) is 26.2 Å². The standard InChI is InChI=1S/C14H20ClFN2.ClH/c1-3-12(18-8-6-17-7-9-18)13-11(16)5-4-10(2)14(13)15;/h4-5,12,17H,3,6-9H2,1-2H3;1H/t12-;/m0./s1. The van der Waals surface area contributed by atoms with Gasteiger partial charge in [-0.2, -0.15) is 0 Å². The van der Waals surface area contributed by atoms with Crippen LogP contribution in [0.4, 0.5) is 4.39 Å². The fraction of sp³-hybridized carbons (Fsp3) is 0.571. The number of rotatable bonds is 3. The summed E-state index contributed by atoms with van der Waals surface area (Å²) in [5, 5.41) is 3.90. The normalized spacial score (nSPS) is 17.9. The molecule has 0 unspecified atom stereocenters. The highest BCUT2D eigenvalue weighted by molar-refractivity contribution is 6.32. The minimum atomic E-state index is -0.184. The van der Waals surface area contributed by atoms with Gasteiger partial charge in [-0.05, 0) is 25.0 Å². The SMILES string of the molecule is CC[C@@H](c1c(F)ccc(C)c1Cl)N1CCNCC1.Cl. The third-order valence-electron chi connectivity index (χ3n) is 3.63. The predicted octanol–water partition coefficient (Wildman–Crippen LogP) is 3.57. The summed E-state index contributed by atoms with van der Waals surface area (Å²) in [6.45, 7) is 7.83. The Bertz CT molecular complexity index is 420. The van der Waals surface area contributed by atoms with Gasteiger partial charge in [-0.15, -0.1) is 12.4 Å². The second-order valence-corrected chi connectivity index (χ2v) is 5.18. The van der Waals surface area contributed by atoms with E-state index in [0.29, 0.717) is 10.6 Å². The lowest BCUT2D eigenvalue weighted by Gasteiger charge is -2.35. The minimum Gasteiger partial charge on any atom is -0.314 e. The lowest BCUT2D eigenvalue weighted by atomic mass is 9.99. The fourth-order valence-electron chi connectivity index (χ4n) is 2.62. The van der Waals surface area contributed by atoms with Crippen LogP contribution in [0.3, 0.4) is 0 Å². The van der Waals surface area contributed by atoms with Crippen LogP contribution in [0.15, 0.2) is 12.1 Å². The van der Waals surface area contributed by atoms with Crippen LogP contribution in [0.25, 0.3) is 0 Å². The van der Waals surface area contributed by atoms with Crippen molar-refractivity contribution in [3.8, 4) is 0 Å². The van der Waals surface area contributed by atoms with E-state index in [4.69, 9.17) is 11.6 Å². The molecule has 1 aliphatic rings. The highest BCUT2D eigenvalue weighted by Crippen LogP contribution is 2.34. The molecule has 0 spiro atoms. The van der Waals surface area contributed by atoms with Crippen molar-refractivity contribution < 1.29 is 4.39 Å². The molecular weight excluding hydrogens is 286 g/mol. The number of halogens is 3. The Morgan fingerprint density at radius 2 is 2.00 bits per heavy atom. The van der Waals surface area contributed by atoms with E-state index >= 15 is 0 Å². The van der Waals surface area contributed by atoms with Gasteiger partial charge in [0.05, 0.1) is 5.02 Å². The van der Waals surface area contributed by atoms with Crippen LogP contribution >= 0.6 is 24.0 Å². The molecule has 1 aromatic carbocycles. The first-order valence-corrected chi connectivity index (χ1v) is 6.92. The van der Waals surface area contributed by atoms with Crippen molar-refractivity contribution in [3.05, 3.63) is 34.1 Å². The summed E-state index contributed by atoms with van der Waals surface area (Å²) in [5.41, 5.74) is 1.61. The Morgan fingerprint density at radius 3 is 2.58 bits per heavy atom. The van der Waals surface area contributed by atoms with Crippen molar-refractivity contribution in [2.45, 2.75) is 26.3 Å². The molecule has 2 rings (SSSR count). The van der Waals surface area contributed by atoms with Crippen molar-refractivity contribution in [3.63, 3.8) is 0 Å². The van der Waals surface area contributed by atoms with Crippen LogP contribution in [0.1, 0.15) is 30.5 Å². The molecule has 1 saturated heterocycles. The van der Waals surface area contributed by atoms with Crippen molar-refractivity contribution in [1.29, 1.82) is 0 Å². The molecule has 0 radical (unpaired) electrons. The van der Waals surface area contributed by atoms with Gasteiger partial charge in [-0.1, -0.05) is 24.6 Å². The molecule has 0 bridgehead atoms. The van der Waals surface area contributed by atoms with Crippen LogP contribution in [-0.2, 0) is 0 Å². The number of nitrogens with zero attached hydrogens (tertiary/aromatic N) is 1. The minimum absolute atomic E-state index is 0. The van der Waals surface area contributed by atoms with Crippen LogP contribution < -0.4 is 5.32 Å². The van der Waals surface area contributed by atoms with E-state index in [0.717, 1.165) is 38.2 Å². The van der Waals surface area contributed by atoms with Gasteiger partial charge >= 0.3 is 0 Å². The average molecular weight is 307 g/mol. The third-order valence-corrected chi connectivity index (χ3v) is 4.13. The molecular formula is C14H21Cl2FN2. The molecule has 1 atom stereocenters. The van der Waals surface area contributed by atoms with E-state index in [9.17, 15) is 4.39 Å². The molecule has 1 N–H and O–H groups in total. The van der Waals surface area contributed by atoms with Crippen LogP contribution in [0.5, 0.6) is 0 Å². The van der Waals surface area contributed by atoms with Crippen molar-refractivity contribution in [2.24, 2.45) is 0 Å². The van der Waals surface area contributed by atoms with Gasteiger partial charge < -0.3 is 5.32 Å². The Balaban J connectivity index is 0.00000180. The van der Waals surface area contributed by atoms with E-state index in [1.807, 2.05) is 6.92 Å². The maximum Gasteiger partial charge on any atom is 0.129 e. The number of piperazine rings is 1. The Kier molecular flexibility index (Phi) is 6.54. The topological polar surface area (TPSA) is 15.3 Å². The number of hydrogen-bond donors (Lipinski definition) is 1. The van der Waals surface area contributed by atoms with Gasteiger partial charge in [-0.25, -0.2) is 4.39 Å². The monoisotopic (exact) mass is 306 g/mol. The molecule has 2 nitrogen and oxygen atoms in total. The zero-order valence-corrected chi connectivity index (χ0v) is 13.0. The molecule has 1 heterocycles. The lowest BCUT2D eigenvalue weighted by molar-refractivity contribution is 0.166. The molecule has 0 amide bonds. The summed E-state index contributed by atoms with van der Waals surface area (Å²) in [6, 6.07) is 3.35. The Hall–Kier alpha value is -0.350. The first kappa shape index (κ1) is 16.7. The summed E-state index contributed by atoms with van der Waals surface area (Å²) in [6.07, 6.45) is 0.875. The molecule has 0 aromatic heterocycles. The van der Waals surface area contributed by atoms with Crippen molar-refractivity contribution in [1.82, 2.24) is 10.2 Å². The fourth-order valence-corrected chi connectivity index (χ4v) is 2.90. The maximum atomic E-state index is 14.1. The highest BCUT2D eigenvalue weighted by atomic mass is 35.5. The van der Waals surface area contributed by atoms with Gasteiger partial charge in [0, 0.05) is 37.8 Å². The molecule has 0 aliphatic carbocycles. The first-order chi connectivity index (χ1) is 8.65. The van der Waals surface area contributed by atoms with Gasteiger partial charge in [-0.3, -0.25) is 4.90 Å². The Morgan fingerprint density at radius 1 is 1.37 bits per heavy atom. The molecule has 1 fully saturated rings. The van der Waals surface area contributed by atoms with Crippen molar-refractivity contribution >= 4 is 24.0 Å². The largest absolute Gasteiger partial charge is 0.314 e. The zero-order chi connectivity index (χ0) is 13.1. The van der Waals surface area contributed by atoms with Gasteiger partial charge in [0.1, 0.15) is 5.82 Å². The molecule has 108 valence electrons. The van der Waals surface area contributed by atoms with Gasteiger partial charge in [0.25, 0.3) is 0 Å². The molecule has 5 heteroatoms.